The van der Waals surface area contributed by atoms with Crippen molar-refractivity contribution in [2.24, 2.45) is 0 Å². The Kier molecular flexibility index (Phi) is 5.34. The van der Waals surface area contributed by atoms with Crippen LogP contribution >= 0.6 is 0 Å². The number of hydrogen-bond acceptors (Lipinski definition) is 4. The van der Waals surface area contributed by atoms with E-state index in [1.54, 1.807) is 53.1 Å². The lowest BCUT2D eigenvalue weighted by atomic mass is 10.1. The number of benzene rings is 2. The van der Waals surface area contributed by atoms with Gasteiger partial charge in [0.25, 0.3) is 10.1 Å². The van der Waals surface area contributed by atoms with E-state index in [0.717, 1.165) is 0 Å². The molecular formula is C20H21NO5S. The molecule has 0 spiro atoms. The van der Waals surface area contributed by atoms with Gasteiger partial charge in [0.1, 0.15) is 11.0 Å². The van der Waals surface area contributed by atoms with Gasteiger partial charge in [-0.25, -0.2) is 0 Å². The van der Waals surface area contributed by atoms with Gasteiger partial charge in [-0.05, 0) is 18.1 Å². The summed E-state index contributed by atoms with van der Waals surface area (Å²) in [6, 6.07) is 16.0. The number of para-hydroxylation sites is 1. The second-order valence-corrected chi connectivity index (χ2v) is 7.64. The van der Waals surface area contributed by atoms with E-state index in [1.165, 1.54) is 6.92 Å². The lowest BCUT2D eigenvalue weighted by molar-refractivity contribution is -0.147. The highest BCUT2D eigenvalue weighted by Gasteiger charge is 2.28. The first-order chi connectivity index (χ1) is 12.8. The SMILES string of the molecule is CCC(Cn1c(-c2ccccc2)c(S(=O)(=O)O)c2ccccc21)OC(C)=O. The molecule has 3 rings (SSSR count). The van der Waals surface area contributed by atoms with Crippen LogP contribution in [0.15, 0.2) is 59.5 Å². The fourth-order valence-electron chi connectivity index (χ4n) is 3.29. The summed E-state index contributed by atoms with van der Waals surface area (Å²) in [5.41, 5.74) is 1.68. The summed E-state index contributed by atoms with van der Waals surface area (Å²) in [7, 11) is -4.48. The molecule has 1 heterocycles. The van der Waals surface area contributed by atoms with Gasteiger partial charge in [-0.15, -0.1) is 0 Å². The Morgan fingerprint density at radius 3 is 2.33 bits per heavy atom. The Morgan fingerprint density at radius 1 is 1.11 bits per heavy atom. The number of ether oxygens (including phenoxy) is 1. The molecule has 1 atom stereocenters. The number of fused-ring (bicyclic) bond motifs is 1. The third kappa shape index (κ3) is 3.89. The maximum absolute atomic E-state index is 12.2. The molecule has 0 fully saturated rings. The number of carbonyl (C=O) groups excluding carboxylic acids is 1. The number of esters is 1. The van der Waals surface area contributed by atoms with Crippen molar-refractivity contribution in [1.82, 2.24) is 4.57 Å². The zero-order chi connectivity index (χ0) is 19.6. The van der Waals surface area contributed by atoms with Gasteiger partial charge in [0, 0.05) is 12.3 Å². The zero-order valence-electron chi connectivity index (χ0n) is 15.1. The van der Waals surface area contributed by atoms with Crippen LogP contribution in [0.2, 0.25) is 0 Å². The topological polar surface area (TPSA) is 85.6 Å². The molecule has 1 N–H and O–H groups in total. The first-order valence-corrected chi connectivity index (χ1v) is 10.1. The summed E-state index contributed by atoms with van der Waals surface area (Å²) in [5.74, 6) is -0.394. The predicted octanol–water partition coefficient (Wildman–Crippen LogP) is 3.90. The van der Waals surface area contributed by atoms with Gasteiger partial charge >= 0.3 is 5.97 Å². The highest BCUT2D eigenvalue weighted by Crippen LogP contribution is 2.37. The molecule has 27 heavy (non-hydrogen) atoms. The molecule has 0 saturated heterocycles. The van der Waals surface area contributed by atoms with Crippen LogP contribution in [0.25, 0.3) is 22.2 Å². The number of hydrogen-bond donors (Lipinski definition) is 1. The summed E-state index contributed by atoms with van der Waals surface area (Å²) >= 11 is 0. The van der Waals surface area contributed by atoms with Crippen molar-refractivity contribution in [3.63, 3.8) is 0 Å². The fraction of sp³-hybridized carbons (Fsp3) is 0.250. The summed E-state index contributed by atoms with van der Waals surface area (Å²) in [5, 5.41) is 0.427. The van der Waals surface area contributed by atoms with Gasteiger partial charge in [0.05, 0.1) is 17.8 Å². The van der Waals surface area contributed by atoms with Crippen LogP contribution in [-0.2, 0) is 26.2 Å². The number of aromatic nitrogens is 1. The lowest BCUT2D eigenvalue weighted by Crippen LogP contribution is -2.22. The number of nitrogens with zero attached hydrogens (tertiary/aromatic N) is 1. The summed E-state index contributed by atoms with van der Waals surface area (Å²) in [6.45, 7) is 3.51. The van der Waals surface area contributed by atoms with E-state index in [-0.39, 0.29) is 11.4 Å². The van der Waals surface area contributed by atoms with Crippen LogP contribution in [0.4, 0.5) is 0 Å². The summed E-state index contributed by atoms with van der Waals surface area (Å²) in [6.07, 6.45) is 0.150. The maximum atomic E-state index is 12.2. The summed E-state index contributed by atoms with van der Waals surface area (Å²) < 4.78 is 41.6. The first-order valence-electron chi connectivity index (χ1n) is 8.64. The molecule has 3 aromatic rings. The maximum Gasteiger partial charge on any atom is 0.302 e. The van der Waals surface area contributed by atoms with Crippen molar-refractivity contribution in [2.45, 2.75) is 37.8 Å². The molecule has 0 saturated carbocycles. The zero-order valence-corrected chi connectivity index (χ0v) is 15.9. The fourth-order valence-corrected chi connectivity index (χ4v) is 4.22. The van der Waals surface area contributed by atoms with Crippen molar-refractivity contribution in [2.75, 3.05) is 0 Å². The minimum absolute atomic E-state index is 0.137. The largest absolute Gasteiger partial charge is 0.461 e. The molecule has 0 amide bonds. The Bertz CT molecular complexity index is 1070. The van der Waals surface area contributed by atoms with Gasteiger partial charge in [0.15, 0.2) is 0 Å². The van der Waals surface area contributed by atoms with E-state index in [0.29, 0.717) is 28.6 Å². The van der Waals surface area contributed by atoms with Crippen LogP contribution < -0.4 is 0 Å². The lowest BCUT2D eigenvalue weighted by Gasteiger charge is -2.19. The highest BCUT2D eigenvalue weighted by molar-refractivity contribution is 7.86. The Hall–Kier alpha value is -2.64. The standard InChI is InChI=1S/C20H21NO5S/c1-3-16(26-14(2)22)13-21-18-12-8-7-11-17(18)20(27(23,24)25)19(21)15-9-5-4-6-10-15/h4-12,16H,3,13H2,1-2H3,(H,23,24,25). The predicted molar refractivity (Wildman–Crippen MR) is 103 cm³/mol. The molecule has 1 aromatic heterocycles. The molecule has 2 aromatic carbocycles. The normalized spacial score (nSPS) is 12.9. The average molecular weight is 387 g/mol. The van der Waals surface area contributed by atoms with Crippen molar-refractivity contribution in [3.05, 3.63) is 54.6 Å². The molecule has 0 radical (unpaired) electrons. The third-order valence-corrected chi connectivity index (χ3v) is 5.33. The van der Waals surface area contributed by atoms with Crippen LogP contribution in [0.1, 0.15) is 20.3 Å². The van der Waals surface area contributed by atoms with Crippen molar-refractivity contribution < 1.29 is 22.5 Å². The minimum Gasteiger partial charge on any atom is -0.461 e. The van der Waals surface area contributed by atoms with E-state index in [2.05, 4.69) is 0 Å². The van der Waals surface area contributed by atoms with Gasteiger partial charge in [0.2, 0.25) is 0 Å². The molecule has 6 nitrogen and oxygen atoms in total. The van der Waals surface area contributed by atoms with Crippen LogP contribution in [0, 0.1) is 0 Å². The average Bonchev–Trinajstić information content (AvgIpc) is 2.96. The molecule has 0 bridgehead atoms. The van der Waals surface area contributed by atoms with Crippen molar-refractivity contribution >= 4 is 27.0 Å². The third-order valence-electron chi connectivity index (χ3n) is 4.40. The second-order valence-electron chi connectivity index (χ2n) is 6.29. The Labute approximate surface area is 158 Å². The van der Waals surface area contributed by atoms with E-state index < -0.39 is 22.2 Å². The summed E-state index contributed by atoms with van der Waals surface area (Å²) in [4.78, 5) is 11.3. The van der Waals surface area contributed by atoms with Gasteiger partial charge in [-0.2, -0.15) is 8.42 Å². The van der Waals surface area contributed by atoms with E-state index in [9.17, 15) is 17.8 Å². The van der Waals surface area contributed by atoms with Crippen LogP contribution in [0.5, 0.6) is 0 Å². The molecule has 0 aliphatic carbocycles. The number of carbonyl (C=O) groups is 1. The molecular weight excluding hydrogens is 366 g/mol. The quantitative estimate of drug-likeness (QED) is 0.512. The van der Waals surface area contributed by atoms with Gasteiger partial charge < -0.3 is 9.30 Å². The van der Waals surface area contributed by atoms with Crippen LogP contribution in [-0.4, -0.2) is 29.6 Å². The monoisotopic (exact) mass is 387 g/mol. The van der Waals surface area contributed by atoms with Gasteiger partial charge in [-0.3, -0.25) is 9.35 Å². The highest BCUT2D eigenvalue weighted by atomic mass is 32.2. The smallest absolute Gasteiger partial charge is 0.302 e. The second kappa shape index (κ2) is 7.54. The van der Waals surface area contributed by atoms with Gasteiger partial charge in [-0.1, -0.05) is 55.5 Å². The van der Waals surface area contributed by atoms with E-state index in [1.807, 2.05) is 13.0 Å². The van der Waals surface area contributed by atoms with Crippen molar-refractivity contribution in [1.29, 1.82) is 0 Å². The molecule has 7 heteroatoms. The minimum atomic E-state index is -4.48. The first kappa shape index (κ1) is 19.1. The molecule has 142 valence electrons. The number of rotatable bonds is 6. The molecule has 0 aliphatic heterocycles. The van der Waals surface area contributed by atoms with E-state index >= 15 is 0 Å². The molecule has 0 aliphatic rings. The van der Waals surface area contributed by atoms with E-state index in [4.69, 9.17) is 4.74 Å². The van der Waals surface area contributed by atoms with Crippen molar-refractivity contribution in [3.8, 4) is 11.3 Å². The molecule has 1 unspecified atom stereocenters. The van der Waals surface area contributed by atoms with Crippen LogP contribution in [0.3, 0.4) is 0 Å². The Balaban J connectivity index is 2.33. The Morgan fingerprint density at radius 2 is 1.74 bits per heavy atom.